The van der Waals surface area contributed by atoms with E-state index in [2.05, 4.69) is 15.3 Å². The van der Waals surface area contributed by atoms with Gasteiger partial charge in [0.05, 0.1) is 22.5 Å². The summed E-state index contributed by atoms with van der Waals surface area (Å²) in [6.07, 6.45) is 0. The van der Waals surface area contributed by atoms with Crippen molar-refractivity contribution in [2.75, 3.05) is 0 Å². The first kappa shape index (κ1) is 23.4. The van der Waals surface area contributed by atoms with E-state index in [-0.39, 0.29) is 28.1 Å². The number of rotatable bonds is 6. The SMILES string of the molecule is Cc1ccc(-n2[nH]c(C)c(N=Nc3cccc(-c4cccc(C(=O)O)c4)c3C(=O)O)c2=O)cc1C. The Morgan fingerprint density at radius 1 is 0.857 bits per heavy atom. The molecular weight excluding hydrogens is 448 g/mol. The van der Waals surface area contributed by atoms with Crippen molar-refractivity contribution >= 4 is 23.3 Å². The number of carboxylic acids is 2. The third-order valence-corrected chi connectivity index (χ3v) is 5.72. The van der Waals surface area contributed by atoms with E-state index in [0.717, 1.165) is 11.1 Å². The number of benzene rings is 3. The van der Waals surface area contributed by atoms with Crippen molar-refractivity contribution in [3.05, 3.63) is 99.0 Å². The number of nitrogens with one attached hydrogen (secondary N) is 1. The third-order valence-electron chi connectivity index (χ3n) is 5.72. The first-order valence-electron chi connectivity index (χ1n) is 10.7. The molecule has 0 saturated heterocycles. The second-order valence-corrected chi connectivity index (χ2v) is 8.09. The highest BCUT2D eigenvalue weighted by Gasteiger charge is 2.19. The lowest BCUT2D eigenvalue weighted by molar-refractivity contribution is 0.0687. The molecule has 4 aromatic rings. The zero-order valence-corrected chi connectivity index (χ0v) is 19.2. The number of hydrogen-bond donors (Lipinski definition) is 3. The minimum Gasteiger partial charge on any atom is -0.478 e. The summed E-state index contributed by atoms with van der Waals surface area (Å²) in [5.41, 5.74) is 3.49. The fraction of sp³-hybridized carbons (Fsp3) is 0.115. The van der Waals surface area contributed by atoms with E-state index < -0.39 is 17.5 Å². The first-order chi connectivity index (χ1) is 16.7. The number of aromatic nitrogens is 2. The number of carbonyl (C=O) groups is 2. The van der Waals surface area contributed by atoms with Gasteiger partial charge >= 0.3 is 11.9 Å². The number of aromatic amines is 1. The number of H-pyrrole nitrogens is 1. The Bertz CT molecular complexity index is 1560. The van der Waals surface area contributed by atoms with Gasteiger partial charge in [0.25, 0.3) is 5.56 Å². The van der Waals surface area contributed by atoms with Gasteiger partial charge in [0.15, 0.2) is 5.69 Å². The van der Waals surface area contributed by atoms with Crippen molar-refractivity contribution in [3.63, 3.8) is 0 Å². The molecule has 0 bridgehead atoms. The van der Waals surface area contributed by atoms with Gasteiger partial charge in [-0.2, -0.15) is 0 Å². The van der Waals surface area contributed by atoms with Gasteiger partial charge in [0, 0.05) is 0 Å². The van der Waals surface area contributed by atoms with E-state index >= 15 is 0 Å². The molecule has 0 aliphatic rings. The molecule has 4 rings (SSSR count). The molecule has 1 aromatic heterocycles. The Morgan fingerprint density at radius 3 is 2.29 bits per heavy atom. The maximum atomic E-state index is 13.0. The number of aromatic carboxylic acids is 2. The zero-order chi connectivity index (χ0) is 25.3. The minimum absolute atomic E-state index is 0.0284. The van der Waals surface area contributed by atoms with E-state index in [1.54, 1.807) is 25.1 Å². The van der Waals surface area contributed by atoms with Gasteiger partial charge in [0.2, 0.25) is 0 Å². The van der Waals surface area contributed by atoms with E-state index in [4.69, 9.17) is 0 Å². The van der Waals surface area contributed by atoms with E-state index in [1.807, 2.05) is 32.0 Å². The summed E-state index contributed by atoms with van der Waals surface area (Å²) in [6, 6.07) is 16.2. The van der Waals surface area contributed by atoms with Crippen molar-refractivity contribution in [1.29, 1.82) is 0 Å². The molecule has 3 aromatic carbocycles. The monoisotopic (exact) mass is 470 g/mol. The van der Waals surface area contributed by atoms with Crippen molar-refractivity contribution < 1.29 is 19.8 Å². The van der Waals surface area contributed by atoms with Gasteiger partial charge in [-0.15, -0.1) is 10.2 Å². The van der Waals surface area contributed by atoms with Crippen LogP contribution in [0, 0.1) is 20.8 Å². The smallest absolute Gasteiger partial charge is 0.338 e. The fourth-order valence-electron chi connectivity index (χ4n) is 3.71. The molecule has 176 valence electrons. The molecule has 0 aliphatic heterocycles. The van der Waals surface area contributed by atoms with Crippen LogP contribution in [0.5, 0.6) is 0 Å². The van der Waals surface area contributed by atoms with Gasteiger partial charge in [-0.3, -0.25) is 9.89 Å². The molecular formula is C26H22N4O5. The number of carboxylic acid groups (broad SMARTS) is 2. The normalized spacial score (nSPS) is 11.2. The summed E-state index contributed by atoms with van der Waals surface area (Å²) in [5.74, 6) is -2.38. The maximum absolute atomic E-state index is 13.0. The predicted octanol–water partition coefficient (Wildman–Crippen LogP) is 5.57. The van der Waals surface area contributed by atoms with Gasteiger partial charge in [0.1, 0.15) is 5.69 Å². The molecule has 35 heavy (non-hydrogen) atoms. The molecule has 0 atom stereocenters. The quantitative estimate of drug-likeness (QED) is 0.316. The van der Waals surface area contributed by atoms with Crippen LogP contribution >= 0.6 is 0 Å². The largest absolute Gasteiger partial charge is 0.478 e. The molecule has 0 spiro atoms. The molecule has 0 fully saturated rings. The Kier molecular flexibility index (Phi) is 6.16. The molecule has 0 saturated carbocycles. The van der Waals surface area contributed by atoms with E-state index in [1.165, 1.54) is 28.9 Å². The Labute approximate surface area is 200 Å². The van der Waals surface area contributed by atoms with E-state index in [9.17, 15) is 24.6 Å². The lowest BCUT2D eigenvalue weighted by atomic mass is 9.97. The first-order valence-corrected chi connectivity index (χ1v) is 10.7. The van der Waals surface area contributed by atoms with Gasteiger partial charge in [-0.1, -0.05) is 30.3 Å². The molecule has 0 radical (unpaired) electrons. The van der Waals surface area contributed by atoms with Crippen LogP contribution in [0.2, 0.25) is 0 Å². The number of azo groups is 1. The van der Waals surface area contributed by atoms with Gasteiger partial charge < -0.3 is 10.2 Å². The summed E-state index contributed by atoms with van der Waals surface area (Å²) in [6.45, 7) is 5.61. The van der Waals surface area contributed by atoms with Crippen LogP contribution < -0.4 is 5.56 Å². The number of aryl methyl sites for hydroxylation is 3. The average molecular weight is 470 g/mol. The van der Waals surface area contributed by atoms with Crippen LogP contribution in [0.15, 0.2) is 75.7 Å². The summed E-state index contributed by atoms with van der Waals surface area (Å²) in [7, 11) is 0. The highest BCUT2D eigenvalue weighted by atomic mass is 16.4. The molecule has 3 N–H and O–H groups in total. The van der Waals surface area contributed by atoms with Gasteiger partial charge in [-0.25, -0.2) is 14.3 Å². The van der Waals surface area contributed by atoms with E-state index in [0.29, 0.717) is 16.9 Å². The minimum atomic E-state index is -1.26. The topological polar surface area (TPSA) is 137 Å². The molecule has 0 amide bonds. The second-order valence-electron chi connectivity index (χ2n) is 8.09. The number of nitrogens with zero attached hydrogens (tertiary/aromatic N) is 3. The van der Waals surface area contributed by atoms with Crippen LogP contribution in [0.4, 0.5) is 11.4 Å². The molecule has 1 heterocycles. The Morgan fingerprint density at radius 2 is 1.60 bits per heavy atom. The van der Waals surface area contributed by atoms with Crippen LogP contribution in [-0.4, -0.2) is 31.9 Å². The van der Waals surface area contributed by atoms with Crippen LogP contribution in [0.1, 0.15) is 37.5 Å². The summed E-state index contributed by atoms with van der Waals surface area (Å²) >= 11 is 0. The highest BCUT2D eigenvalue weighted by molar-refractivity contribution is 6.01. The van der Waals surface area contributed by atoms with Crippen molar-refractivity contribution in [2.45, 2.75) is 20.8 Å². The Hall–Kier alpha value is -4.79. The highest BCUT2D eigenvalue weighted by Crippen LogP contribution is 2.32. The lowest BCUT2D eigenvalue weighted by Crippen LogP contribution is -2.14. The molecule has 9 heteroatoms. The Balaban J connectivity index is 1.78. The summed E-state index contributed by atoms with van der Waals surface area (Å²) < 4.78 is 1.36. The lowest BCUT2D eigenvalue weighted by Gasteiger charge is -2.09. The fourth-order valence-corrected chi connectivity index (χ4v) is 3.71. The number of hydrogen-bond acceptors (Lipinski definition) is 5. The van der Waals surface area contributed by atoms with Crippen molar-refractivity contribution in [3.8, 4) is 16.8 Å². The third kappa shape index (κ3) is 4.51. The van der Waals surface area contributed by atoms with Crippen LogP contribution in [0.25, 0.3) is 16.8 Å². The molecule has 9 nitrogen and oxygen atoms in total. The maximum Gasteiger partial charge on any atom is 0.338 e. The summed E-state index contributed by atoms with van der Waals surface area (Å²) in [4.78, 5) is 36.5. The van der Waals surface area contributed by atoms with Crippen LogP contribution in [-0.2, 0) is 0 Å². The second kappa shape index (κ2) is 9.22. The molecule has 0 unspecified atom stereocenters. The average Bonchev–Trinajstić information content (AvgIpc) is 3.12. The predicted molar refractivity (Wildman–Crippen MR) is 131 cm³/mol. The standard InChI is InChI=1S/C26H22N4O5/c1-14-10-11-19(12-15(14)2)30-24(31)23(16(3)29-30)28-27-21-9-5-8-20(22(21)26(34)35)17-6-4-7-18(13-17)25(32)33/h4-13,29H,1-3H3,(H,32,33)(H,34,35). The zero-order valence-electron chi connectivity index (χ0n) is 19.2. The summed E-state index contributed by atoms with van der Waals surface area (Å²) in [5, 5.41) is 30.4. The van der Waals surface area contributed by atoms with Gasteiger partial charge in [-0.05, 0) is 73.4 Å². The van der Waals surface area contributed by atoms with Crippen molar-refractivity contribution in [2.24, 2.45) is 10.2 Å². The van der Waals surface area contributed by atoms with Crippen LogP contribution in [0.3, 0.4) is 0 Å². The van der Waals surface area contributed by atoms with Crippen molar-refractivity contribution in [1.82, 2.24) is 9.78 Å². The molecule has 0 aliphatic carbocycles.